The van der Waals surface area contributed by atoms with Crippen LogP contribution in [0.1, 0.15) is 32.1 Å². The summed E-state index contributed by atoms with van der Waals surface area (Å²) in [6.07, 6.45) is 4.31. The smallest absolute Gasteiger partial charge is 0.307 e. The molecular weight excluding hydrogens is 232 g/mol. The van der Waals surface area contributed by atoms with Crippen LogP contribution in [0.4, 0.5) is 0 Å². The lowest BCUT2D eigenvalue weighted by molar-refractivity contribution is -0.145. The third-order valence-electron chi connectivity index (χ3n) is 3.95. The summed E-state index contributed by atoms with van der Waals surface area (Å²) >= 11 is 0. The van der Waals surface area contributed by atoms with Crippen LogP contribution >= 0.6 is 0 Å². The number of piperidine rings is 1. The van der Waals surface area contributed by atoms with Crippen molar-refractivity contribution in [3.63, 3.8) is 0 Å². The third kappa shape index (κ3) is 3.02. The number of hydrogen-bond acceptors (Lipinski definition) is 4. The highest BCUT2D eigenvalue weighted by Crippen LogP contribution is 2.23. The van der Waals surface area contributed by atoms with Gasteiger partial charge in [-0.2, -0.15) is 0 Å². The Morgan fingerprint density at radius 2 is 2.17 bits per heavy atom. The summed E-state index contributed by atoms with van der Waals surface area (Å²) in [6, 6.07) is 0.0410. The van der Waals surface area contributed by atoms with E-state index in [2.05, 4.69) is 5.32 Å². The number of likely N-dealkylation sites (tertiary alicyclic amines) is 1. The molecule has 0 spiro atoms. The molecule has 2 heterocycles. The van der Waals surface area contributed by atoms with Gasteiger partial charge in [0, 0.05) is 19.1 Å². The van der Waals surface area contributed by atoms with Crippen molar-refractivity contribution in [2.45, 2.75) is 38.1 Å². The molecule has 2 saturated heterocycles. The van der Waals surface area contributed by atoms with E-state index in [0.29, 0.717) is 6.42 Å². The molecule has 1 amide bonds. The van der Waals surface area contributed by atoms with Gasteiger partial charge >= 0.3 is 5.97 Å². The Bertz CT molecular complexity index is 313. The fraction of sp³-hybridized carbons (Fsp3) is 0.846. The van der Waals surface area contributed by atoms with Gasteiger partial charge in [-0.15, -0.1) is 0 Å². The van der Waals surface area contributed by atoms with Crippen LogP contribution in [0.3, 0.4) is 0 Å². The molecule has 2 aliphatic heterocycles. The molecule has 0 saturated carbocycles. The number of hydrogen-bond donors (Lipinski definition) is 1. The van der Waals surface area contributed by atoms with Crippen LogP contribution in [0, 0.1) is 5.92 Å². The van der Waals surface area contributed by atoms with Crippen molar-refractivity contribution in [2.75, 3.05) is 26.7 Å². The first-order chi connectivity index (χ1) is 8.72. The molecule has 2 aliphatic rings. The zero-order chi connectivity index (χ0) is 13.0. The summed E-state index contributed by atoms with van der Waals surface area (Å²) in [7, 11) is 1.40. The first-order valence-electron chi connectivity index (χ1n) is 6.80. The van der Waals surface area contributed by atoms with Crippen LogP contribution in [0.25, 0.3) is 0 Å². The van der Waals surface area contributed by atoms with Crippen molar-refractivity contribution in [2.24, 2.45) is 5.92 Å². The lowest BCUT2D eigenvalue weighted by atomic mass is 9.96. The van der Waals surface area contributed by atoms with Gasteiger partial charge in [-0.25, -0.2) is 0 Å². The molecule has 1 N–H and O–H groups in total. The Kier molecular flexibility index (Phi) is 4.58. The molecular formula is C13H22N2O3. The number of amides is 1. The zero-order valence-electron chi connectivity index (χ0n) is 11.0. The molecule has 2 fully saturated rings. The Labute approximate surface area is 108 Å². The summed E-state index contributed by atoms with van der Waals surface area (Å²) in [4.78, 5) is 25.7. The van der Waals surface area contributed by atoms with E-state index in [4.69, 9.17) is 4.74 Å². The first-order valence-corrected chi connectivity index (χ1v) is 6.80. The predicted octanol–water partition coefficient (Wildman–Crippen LogP) is 0.540. The molecule has 102 valence electrons. The standard InChI is InChI=1S/C13H22N2O3/c1-18-12(16)8-11-4-2-3-7-15(11)13(17)10-5-6-14-9-10/h10-11,14H,2-9H2,1H3. The van der Waals surface area contributed by atoms with Gasteiger partial charge in [-0.1, -0.05) is 0 Å². The van der Waals surface area contributed by atoms with Crippen molar-refractivity contribution in [1.82, 2.24) is 10.2 Å². The average molecular weight is 254 g/mol. The van der Waals surface area contributed by atoms with Gasteiger partial charge in [-0.05, 0) is 32.2 Å². The number of nitrogens with one attached hydrogen (secondary N) is 1. The fourth-order valence-corrected chi connectivity index (χ4v) is 2.88. The van der Waals surface area contributed by atoms with Crippen LogP contribution in [0.5, 0.6) is 0 Å². The quantitative estimate of drug-likeness (QED) is 0.747. The molecule has 0 aromatic carbocycles. The first kappa shape index (κ1) is 13.3. The number of carbonyl (C=O) groups excluding carboxylic acids is 2. The Balaban J connectivity index is 1.97. The minimum absolute atomic E-state index is 0.0410. The van der Waals surface area contributed by atoms with Gasteiger partial charge in [0.2, 0.25) is 5.91 Å². The average Bonchev–Trinajstić information content (AvgIpc) is 2.92. The van der Waals surface area contributed by atoms with Crippen molar-refractivity contribution in [1.29, 1.82) is 0 Å². The van der Waals surface area contributed by atoms with E-state index in [1.54, 1.807) is 0 Å². The second-order valence-electron chi connectivity index (χ2n) is 5.15. The summed E-state index contributed by atoms with van der Waals surface area (Å²) in [5, 5.41) is 3.22. The Morgan fingerprint density at radius 3 is 2.83 bits per heavy atom. The van der Waals surface area contributed by atoms with Crippen molar-refractivity contribution >= 4 is 11.9 Å². The third-order valence-corrected chi connectivity index (χ3v) is 3.95. The van der Waals surface area contributed by atoms with Gasteiger partial charge in [0.1, 0.15) is 0 Å². The van der Waals surface area contributed by atoms with Crippen LogP contribution in [-0.4, -0.2) is 49.6 Å². The van der Waals surface area contributed by atoms with E-state index < -0.39 is 0 Å². The van der Waals surface area contributed by atoms with E-state index in [9.17, 15) is 9.59 Å². The number of rotatable bonds is 3. The SMILES string of the molecule is COC(=O)CC1CCCCN1C(=O)C1CCNC1. The maximum atomic E-state index is 12.4. The number of ether oxygens (including phenoxy) is 1. The predicted molar refractivity (Wildman–Crippen MR) is 67.0 cm³/mol. The van der Waals surface area contributed by atoms with E-state index in [-0.39, 0.29) is 23.8 Å². The van der Waals surface area contributed by atoms with Gasteiger partial charge in [0.25, 0.3) is 0 Å². The molecule has 2 atom stereocenters. The summed E-state index contributed by atoms with van der Waals surface area (Å²) in [5.74, 6) is 0.0982. The van der Waals surface area contributed by atoms with Gasteiger partial charge < -0.3 is 15.0 Å². The minimum atomic E-state index is -0.218. The van der Waals surface area contributed by atoms with Crippen LogP contribution in [-0.2, 0) is 14.3 Å². The Hall–Kier alpha value is -1.10. The van der Waals surface area contributed by atoms with Gasteiger partial charge in [0.15, 0.2) is 0 Å². The van der Waals surface area contributed by atoms with E-state index in [1.165, 1.54) is 7.11 Å². The largest absolute Gasteiger partial charge is 0.469 e. The Morgan fingerprint density at radius 1 is 1.33 bits per heavy atom. The molecule has 0 radical (unpaired) electrons. The monoisotopic (exact) mass is 254 g/mol. The number of methoxy groups -OCH3 is 1. The molecule has 0 aliphatic carbocycles. The molecule has 5 nitrogen and oxygen atoms in total. The van der Waals surface area contributed by atoms with Crippen molar-refractivity contribution in [3.05, 3.63) is 0 Å². The molecule has 2 unspecified atom stereocenters. The van der Waals surface area contributed by atoms with E-state index in [0.717, 1.165) is 45.3 Å². The topological polar surface area (TPSA) is 58.6 Å². The number of nitrogens with zero attached hydrogens (tertiary/aromatic N) is 1. The lowest BCUT2D eigenvalue weighted by Gasteiger charge is -2.36. The summed E-state index contributed by atoms with van der Waals surface area (Å²) in [5.41, 5.74) is 0. The van der Waals surface area contributed by atoms with E-state index in [1.807, 2.05) is 4.90 Å². The molecule has 5 heteroatoms. The maximum Gasteiger partial charge on any atom is 0.307 e. The fourth-order valence-electron chi connectivity index (χ4n) is 2.88. The minimum Gasteiger partial charge on any atom is -0.469 e. The highest BCUT2D eigenvalue weighted by Gasteiger charge is 2.33. The normalized spacial score (nSPS) is 28.2. The van der Waals surface area contributed by atoms with Gasteiger partial charge in [0.05, 0.1) is 19.4 Å². The summed E-state index contributed by atoms with van der Waals surface area (Å²) < 4.78 is 4.72. The van der Waals surface area contributed by atoms with Crippen LogP contribution < -0.4 is 5.32 Å². The highest BCUT2D eigenvalue weighted by molar-refractivity contribution is 5.80. The molecule has 2 rings (SSSR count). The molecule has 0 aromatic heterocycles. The zero-order valence-corrected chi connectivity index (χ0v) is 11.0. The molecule has 0 aromatic rings. The van der Waals surface area contributed by atoms with Gasteiger partial charge in [-0.3, -0.25) is 9.59 Å². The molecule has 18 heavy (non-hydrogen) atoms. The second-order valence-corrected chi connectivity index (χ2v) is 5.15. The van der Waals surface area contributed by atoms with Crippen LogP contribution in [0.2, 0.25) is 0 Å². The van der Waals surface area contributed by atoms with E-state index >= 15 is 0 Å². The van der Waals surface area contributed by atoms with Crippen molar-refractivity contribution in [3.8, 4) is 0 Å². The van der Waals surface area contributed by atoms with Crippen LogP contribution in [0.15, 0.2) is 0 Å². The summed E-state index contributed by atoms with van der Waals surface area (Å²) in [6.45, 7) is 2.49. The number of carbonyl (C=O) groups is 2. The second kappa shape index (κ2) is 6.18. The van der Waals surface area contributed by atoms with Crippen molar-refractivity contribution < 1.29 is 14.3 Å². The molecule has 0 bridgehead atoms. The highest BCUT2D eigenvalue weighted by atomic mass is 16.5. The number of esters is 1. The maximum absolute atomic E-state index is 12.4. The lowest BCUT2D eigenvalue weighted by Crippen LogP contribution is -2.47.